The number of fused-ring (bicyclic) bond motifs is 1. The lowest BCUT2D eigenvalue weighted by Gasteiger charge is -2.16. The molecule has 0 heterocycles. The molecule has 0 radical (unpaired) electrons. The number of benzene rings is 3. The van der Waals surface area contributed by atoms with Crippen LogP contribution < -0.4 is 14.8 Å². The molecule has 0 saturated heterocycles. The van der Waals surface area contributed by atoms with Gasteiger partial charge in [-0.3, -0.25) is 0 Å². The first-order chi connectivity index (χ1) is 11.2. The van der Waals surface area contributed by atoms with Crippen LogP contribution in [0, 0.1) is 0 Å². The van der Waals surface area contributed by atoms with Gasteiger partial charge in [-0.2, -0.15) is 0 Å². The zero-order chi connectivity index (χ0) is 16.2. The van der Waals surface area contributed by atoms with Crippen LogP contribution in [0.3, 0.4) is 0 Å². The van der Waals surface area contributed by atoms with Crippen LogP contribution in [0.2, 0.25) is 0 Å². The highest BCUT2D eigenvalue weighted by Crippen LogP contribution is 2.36. The van der Waals surface area contributed by atoms with Gasteiger partial charge in [0.25, 0.3) is 0 Å². The third-order valence-corrected chi connectivity index (χ3v) is 4.58. The number of rotatable bonds is 5. The van der Waals surface area contributed by atoms with Gasteiger partial charge in [0.2, 0.25) is 0 Å². The molecule has 0 amide bonds. The SMILES string of the molecule is COc1ccc(Br)c(CNc2cccc3ccccc23)c1OC. The topological polar surface area (TPSA) is 30.5 Å². The summed E-state index contributed by atoms with van der Waals surface area (Å²) in [5.41, 5.74) is 2.12. The second-order valence-corrected chi connectivity index (χ2v) is 6.00. The molecule has 3 aromatic carbocycles. The molecule has 3 aromatic rings. The molecule has 0 aliphatic carbocycles. The van der Waals surface area contributed by atoms with E-state index in [-0.39, 0.29) is 0 Å². The fraction of sp³-hybridized carbons (Fsp3) is 0.158. The predicted octanol–water partition coefficient (Wildman–Crippen LogP) is 5.23. The summed E-state index contributed by atoms with van der Waals surface area (Å²) in [6.07, 6.45) is 0. The normalized spacial score (nSPS) is 10.6. The maximum Gasteiger partial charge on any atom is 0.166 e. The molecule has 4 heteroatoms. The van der Waals surface area contributed by atoms with Gasteiger partial charge >= 0.3 is 0 Å². The summed E-state index contributed by atoms with van der Waals surface area (Å²) in [5, 5.41) is 5.92. The Balaban J connectivity index is 1.94. The first-order valence-electron chi connectivity index (χ1n) is 7.35. The van der Waals surface area contributed by atoms with Crippen LogP contribution in [-0.4, -0.2) is 14.2 Å². The highest BCUT2D eigenvalue weighted by Gasteiger charge is 2.13. The van der Waals surface area contributed by atoms with E-state index in [1.54, 1.807) is 14.2 Å². The van der Waals surface area contributed by atoms with Gasteiger partial charge in [0.1, 0.15) is 0 Å². The Labute approximate surface area is 144 Å². The summed E-state index contributed by atoms with van der Waals surface area (Å²) in [6, 6.07) is 18.5. The molecule has 0 atom stereocenters. The van der Waals surface area contributed by atoms with Gasteiger partial charge in [-0.1, -0.05) is 52.3 Å². The number of hydrogen-bond acceptors (Lipinski definition) is 3. The van der Waals surface area contributed by atoms with Gasteiger partial charge < -0.3 is 14.8 Å². The Bertz CT molecular complexity index is 827. The van der Waals surface area contributed by atoms with Crippen molar-refractivity contribution in [2.75, 3.05) is 19.5 Å². The standard InChI is InChI=1S/C19H18BrNO2/c1-22-18-11-10-16(20)15(19(18)23-2)12-21-17-9-5-7-13-6-3-4-8-14(13)17/h3-11,21H,12H2,1-2H3. The van der Waals surface area contributed by atoms with E-state index in [4.69, 9.17) is 9.47 Å². The fourth-order valence-corrected chi connectivity index (χ4v) is 3.15. The molecule has 118 valence electrons. The predicted molar refractivity (Wildman–Crippen MR) is 98.5 cm³/mol. The molecule has 23 heavy (non-hydrogen) atoms. The van der Waals surface area contributed by atoms with Crippen molar-refractivity contribution in [2.45, 2.75) is 6.54 Å². The molecule has 3 rings (SSSR count). The number of hydrogen-bond donors (Lipinski definition) is 1. The maximum absolute atomic E-state index is 5.53. The van der Waals surface area contributed by atoms with E-state index in [9.17, 15) is 0 Å². The second-order valence-electron chi connectivity index (χ2n) is 5.14. The van der Waals surface area contributed by atoms with Crippen molar-refractivity contribution in [1.29, 1.82) is 0 Å². The van der Waals surface area contributed by atoms with Crippen molar-refractivity contribution in [3.63, 3.8) is 0 Å². The molecular formula is C19H18BrNO2. The van der Waals surface area contributed by atoms with E-state index in [0.29, 0.717) is 6.54 Å². The number of anilines is 1. The lowest BCUT2D eigenvalue weighted by Crippen LogP contribution is -2.04. The first kappa shape index (κ1) is 15.7. The van der Waals surface area contributed by atoms with Crippen LogP contribution in [0.4, 0.5) is 5.69 Å². The highest BCUT2D eigenvalue weighted by atomic mass is 79.9. The number of nitrogens with one attached hydrogen (secondary N) is 1. The van der Waals surface area contributed by atoms with Crippen LogP contribution in [0.25, 0.3) is 10.8 Å². The molecule has 0 unspecified atom stereocenters. The molecule has 0 saturated carbocycles. The third kappa shape index (κ3) is 3.13. The van der Waals surface area contributed by atoms with Crippen LogP contribution in [-0.2, 0) is 6.54 Å². The van der Waals surface area contributed by atoms with Crippen LogP contribution in [0.15, 0.2) is 59.1 Å². The van der Waals surface area contributed by atoms with Crippen LogP contribution >= 0.6 is 15.9 Å². The van der Waals surface area contributed by atoms with Gasteiger partial charge in [0.15, 0.2) is 11.5 Å². The Morgan fingerprint density at radius 1 is 0.913 bits per heavy atom. The van der Waals surface area contributed by atoms with E-state index < -0.39 is 0 Å². The summed E-state index contributed by atoms with van der Waals surface area (Å²) >= 11 is 3.60. The molecule has 0 aliphatic rings. The minimum Gasteiger partial charge on any atom is -0.493 e. The minimum atomic E-state index is 0.634. The van der Waals surface area contributed by atoms with Crippen LogP contribution in [0.1, 0.15) is 5.56 Å². The Hall–Kier alpha value is -2.20. The van der Waals surface area contributed by atoms with Crippen molar-refractivity contribution in [2.24, 2.45) is 0 Å². The van der Waals surface area contributed by atoms with E-state index in [0.717, 1.165) is 27.2 Å². The van der Waals surface area contributed by atoms with Crippen molar-refractivity contribution >= 4 is 32.4 Å². The summed E-state index contributed by atoms with van der Waals surface area (Å²) in [5.74, 6) is 1.47. The van der Waals surface area contributed by atoms with Crippen LogP contribution in [0.5, 0.6) is 11.5 Å². The quantitative estimate of drug-likeness (QED) is 0.665. The molecule has 0 fully saturated rings. The number of halogens is 1. The van der Waals surface area contributed by atoms with Gasteiger partial charge in [0.05, 0.1) is 14.2 Å². The first-order valence-corrected chi connectivity index (χ1v) is 8.15. The molecule has 1 N–H and O–H groups in total. The molecular weight excluding hydrogens is 354 g/mol. The summed E-state index contributed by atoms with van der Waals surface area (Å²) in [7, 11) is 3.30. The van der Waals surface area contributed by atoms with Crippen molar-refractivity contribution in [3.05, 3.63) is 64.6 Å². The van der Waals surface area contributed by atoms with Gasteiger partial charge in [-0.25, -0.2) is 0 Å². The van der Waals surface area contributed by atoms with E-state index in [2.05, 4.69) is 57.6 Å². The zero-order valence-electron chi connectivity index (χ0n) is 13.1. The molecule has 0 aromatic heterocycles. The number of ether oxygens (including phenoxy) is 2. The summed E-state index contributed by atoms with van der Waals surface area (Å²) in [4.78, 5) is 0. The van der Waals surface area contributed by atoms with Crippen molar-refractivity contribution < 1.29 is 9.47 Å². The van der Waals surface area contributed by atoms with Crippen molar-refractivity contribution in [1.82, 2.24) is 0 Å². The lowest BCUT2D eigenvalue weighted by molar-refractivity contribution is 0.351. The molecule has 3 nitrogen and oxygen atoms in total. The van der Waals surface area contributed by atoms with Crippen molar-refractivity contribution in [3.8, 4) is 11.5 Å². The van der Waals surface area contributed by atoms with E-state index in [1.807, 2.05) is 18.2 Å². The highest BCUT2D eigenvalue weighted by molar-refractivity contribution is 9.10. The average molecular weight is 372 g/mol. The summed E-state index contributed by atoms with van der Waals surface area (Å²) < 4.78 is 11.9. The molecule has 0 aliphatic heterocycles. The molecule has 0 bridgehead atoms. The van der Waals surface area contributed by atoms with Gasteiger partial charge in [-0.15, -0.1) is 0 Å². The third-order valence-electron chi connectivity index (χ3n) is 3.84. The smallest absolute Gasteiger partial charge is 0.166 e. The lowest BCUT2D eigenvalue weighted by atomic mass is 10.1. The fourth-order valence-electron chi connectivity index (χ4n) is 2.69. The second kappa shape index (κ2) is 6.92. The summed E-state index contributed by atoms with van der Waals surface area (Å²) in [6.45, 7) is 0.634. The zero-order valence-corrected chi connectivity index (χ0v) is 14.7. The Kier molecular flexibility index (Phi) is 4.72. The number of methoxy groups -OCH3 is 2. The van der Waals surface area contributed by atoms with Gasteiger partial charge in [-0.05, 0) is 23.6 Å². The van der Waals surface area contributed by atoms with E-state index in [1.165, 1.54) is 10.8 Å². The Morgan fingerprint density at radius 2 is 1.70 bits per heavy atom. The minimum absolute atomic E-state index is 0.634. The average Bonchev–Trinajstić information content (AvgIpc) is 2.60. The maximum atomic E-state index is 5.53. The Morgan fingerprint density at radius 3 is 2.48 bits per heavy atom. The van der Waals surface area contributed by atoms with E-state index >= 15 is 0 Å². The largest absolute Gasteiger partial charge is 0.493 e. The van der Waals surface area contributed by atoms with Gasteiger partial charge in [0, 0.05) is 27.7 Å². The molecule has 0 spiro atoms. The monoisotopic (exact) mass is 371 g/mol.